The van der Waals surface area contributed by atoms with Crippen molar-refractivity contribution in [2.75, 3.05) is 0 Å². The van der Waals surface area contributed by atoms with Gasteiger partial charge in [0, 0.05) is 5.54 Å². The highest BCUT2D eigenvalue weighted by atomic mass is 15.1. The molecule has 0 amide bonds. The van der Waals surface area contributed by atoms with Gasteiger partial charge in [0.15, 0.2) is 5.96 Å². The van der Waals surface area contributed by atoms with Crippen molar-refractivity contribution in [1.29, 1.82) is 0 Å². The first-order chi connectivity index (χ1) is 7.33. The summed E-state index contributed by atoms with van der Waals surface area (Å²) < 4.78 is 0. The molecular formula is C13H27N3. The molecule has 0 aromatic carbocycles. The summed E-state index contributed by atoms with van der Waals surface area (Å²) >= 11 is 0. The fraction of sp³-hybridized carbons (Fsp3) is 0.923. The third kappa shape index (κ3) is 3.69. The van der Waals surface area contributed by atoms with E-state index >= 15 is 0 Å². The van der Waals surface area contributed by atoms with Crippen LogP contribution in [-0.4, -0.2) is 17.5 Å². The van der Waals surface area contributed by atoms with E-state index in [0.717, 1.165) is 5.92 Å². The molecule has 94 valence electrons. The van der Waals surface area contributed by atoms with Gasteiger partial charge in [0.2, 0.25) is 0 Å². The van der Waals surface area contributed by atoms with Gasteiger partial charge in [-0.3, -0.25) is 0 Å². The molecule has 0 aliphatic heterocycles. The molecule has 1 fully saturated rings. The van der Waals surface area contributed by atoms with Gasteiger partial charge in [0.25, 0.3) is 0 Å². The molecule has 3 unspecified atom stereocenters. The predicted molar refractivity (Wildman–Crippen MR) is 70.5 cm³/mol. The van der Waals surface area contributed by atoms with Gasteiger partial charge < -0.3 is 11.1 Å². The molecule has 0 aromatic rings. The second kappa shape index (κ2) is 5.07. The van der Waals surface area contributed by atoms with Crippen LogP contribution < -0.4 is 11.1 Å². The largest absolute Gasteiger partial charge is 0.370 e. The average Bonchev–Trinajstić information content (AvgIpc) is 2.44. The lowest BCUT2D eigenvalue weighted by Crippen LogP contribution is -2.45. The third-order valence-corrected chi connectivity index (χ3v) is 3.52. The van der Waals surface area contributed by atoms with E-state index in [1.807, 2.05) is 0 Å². The summed E-state index contributed by atoms with van der Waals surface area (Å²) in [5.74, 6) is 2.10. The van der Waals surface area contributed by atoms with Gasteiger partial charge >= 0.3 is 0 Å². The Hall–Kier alpha value is -0.730. The summed E-state index contributed by atoms with van der Waals surface area (Å²) in [4.78, 5) is 4.62. The molecule has 0 aromatic heterocycles. The third-order valence-electron chi connectivity index (χ3n) is 3.52. The number of hydrogen-bond acceptors (Lipinski definition) is 1. The molecule has 1 aliphatic rings. The minimum Gasteiger partial charge on any atom is -0.370 e. The van der Waals surface area contributed by atoms with E-state index in [9.17, 15) is 0 Å². The zero-order chi connectivity index (χ0) is 12.3. The molecule has 16 heavy (non-hydrogen) atoms. The van der Waals surface area contributed by atoms with Crippen LogP contribution in [0, 0.1) is 11.8 Å². The lowest BCUT2D eigenvalue weighted by Gasteiger charge is -2.23. The summed E-state index contributed by atoms with van der Waals surface area (Å²) in [5.41, 5.74) is 5.93. The van der Waals surface area contributed by atoms with Crippen LogP contribution in [0.5, 0.6) is 0 Å². The van der Waals surface area contributed by atoms with E-state index in [0.29, 0.717) is 17.9 Å². The lowest BCUT2D eigenvalue weighted by atomic mass is 9.94. The fourth-order valence-electron chi connectivity index (χ4n) is 2.58. The molecule has 1 rings (SSSR count). The Morgan fingerprint density at radius 3 is 2.44 bits per heavy atom. The summed E-state index contributed by atoms with van der Waals surface area (Å²) in [6.45, 7) is 10.9. The number of aliphatic imine (C=N–C) groups is 1. The summed E-state index contributed by atoms with van der Waals surface area (Å²) in [6, 6.07) is 0.416. The van der Waals surface area contributed by atoms with E-state index in [-0.39, 0.29) is 5.54 Å². The molecule has 3 atom stereocenters. The monoisotopic (exact) mass is 225 g/mol. The topological polar surface area (TPSA) is 50.4 Å². The summed E-state index contributed by atoms with van der Waals surface area (Å²) in [5, 5.41) is 3.23. The Morgan fingerprint density at radius 1 is 1.38 bits per heavy atom. The van der Waals surface area contributed by atoms with Crippen LogP contribution in [0.4, 0.5) is 0 Å². The Labute approximate surface area is 99.9 Å². The molecule has 1 saturated carbocycles. The average molecular weight is 225 g/mol. The Morgan fingerprint density at radius 2 is 2.00 bits per heavy atom. The highest BCUT2D eigenvalue weighted by Gasteiger charge is 2.31. The first-order valence-corrected chi connectivity index (χ1v) is 6.45. The highest BCUT2D eigenvalue weighted by molar-refractivity contribution is 5.78. The minimum atomic E-state index is -0.000413. The Bertz CT molecular complexity index is 252. The Kier molecular flexibility index (Phi) is 4.22. The number of nitrogens with one attached hydrogen (secondary N) is 1. The zero-order valence-electron chi connectivity index (χ0n) is 11.4. The molecule has 3 N–H and O–H groups in total. The molecule has 1 aliphatic carbocycles. The van der Waals surface area contributed by atoms with Crippen LogP contribution in [0.3, 0.4) is 0 Å². The van der Waals surface area contributed by atoms with E-state index < -0.39 is 0 Å². The molecule has 0 heterocycles. The fourth-order valence-corrected chi connectivity index (χ4v) is 2.58. The summed E-state index contributed by atoms with van der Waals surface area (Å²) in [6.07, 6.45) is 3.75. The van der Waals surface area contributed by atoms with Crippen molar-refractivity contribution in [2.45, 2.75) is 65.5 Å². The maximum Gasteiger partial charge on any atom is 0.189 e. The maximum atomic E-state index is 5.93. The quantitative estimate of drug-likeness (QED) is 0.560. The molecule has 3 nitrogen and oxygen atoms in total. The van der Waals surface area contributed by atoms with Crippen LogP contribution >= 0.6 is 0 Å². The first kappa shape index (κ1) is 13.3. The van der Waals surface area contributed by atoms with Gasteiger partial charge in [0.1, 0.15) is 0 Å². The van der Waals surface area contributed by atoms with Crippen LogP contribution in [-0.2, 0) is 0 Å². The molecule has 0 saturated heterocycles. The zero-order valence-corrected chi connectivity index (χ0v) is 11.4. The standard InChI is InChI=1S/C13H27N3/c1-6-10-7-8-11(9(10)2)15-12(14)16-13(3,4)5/h9-11H,6-8H2,1-5H3,(H3,14,15,16). The molecule has 0 radical (unpaired) electrons. The van der Waals surface area contributed by atoms with Crippen molar-refractivity contribution in [2.24, 2.45) is 22.6 Å². The van der Waals surface area contributed by atoms with Gasteiger partial charge in [-0.25, -0.2) is 4.99 Å². The van der Waals surface area contributed by atoms with Crippen molar-refractivity contribution in [3.05, 3.63) is 0 Å². The predicted octanol–water partition coefficient (Wildman–Crippen LogP) is 2.51. The lowest BCUT2D eigenvalue weighted by molar-refractivity contribution is 0.382. The van der Waals surface area contributed by atoms with Crippen LogP contribution in [0.15, 0.2) is 4.99 Å². The number of hydrogen-bond donors (Lipinski definition) is 2. The van der Waals surface area contributed by atoms with Crippen LogP contribution in [0.2, 0.25) is 0 Å². The maximum absolute atomic E-state index is 5.93. The van der Waals surface area contributed by atoms with Gasteiger partial charge in [-0.1, -0.05) is 20.3 Å². The smallest absolute Gasteiger partial charge is 0.189 e. The first-order valence-electron chi connectivity index (χ1n) is 6.45. The Balaban J connectivity index is 2.57. The van der Waals surface area contributed by atoms with Crippen molar-refractivity contribution >= 4 is 5.96 Å². The molecule has 3 heteroatoms. The number of guanidine groups is 1. The van der Waals surface area contributed by atoms with Gasteiger partial charge in [0.05, 0.1) is 6.04 Å². The van der Waals surface area contributed by atoms with E-state index in [2.05, 4.69) is 44.9 Å². The molecule has 0 bridgehead atoms. The minimum absolute atomic E-state index is 0.000413. The van der Waals surface area contributed by atoms with Crippen molar-refractivity contribution in [3.63, 3.8) is 0 Å². The normalized spacial score (nSPS) is 31.8. The van der Waals surface area contributed by atoms with Crippen molar-refractivity contribution in [3.8, 4) is 0 Å². The molecule has 0 spiro atoms. The molecular weight excluding hydrogens is 198 g/mol. The van der Waals surface area contributed by atoms with Crippen LogP contribution in [0.1, 0.15) is 53.9 Å². The van der Waals surface area contributed by atoms with E-state index in [4.69, 9.17) is 5.73 Å². The number of nitrogens with two attached hydrogens (primary N) is 1. The number of nitrogens with zero attached hydrogens (tertiary/aromatic N) is 1. The van der Waals surface area contributed by atoms with Gasteiger partial charge in [-0.15, -0.1) is 0 Å². The highest BCUT2D eigenvalue weighted by Crippen LogP contribution is 2.35. The SMILES string of the molecule is CCC1CCC(N=C(N)NC(C)(C)C)C1C. The van der Waals surface area contributed by atoms with Crippen molar-refractivity contribution < 1.29 is 0 Å². The summed E-state index contributed by atoms with van der Waals surface area (Å²) in [7, 11) is 0. The number of rotatable bonds is 2. The van der Waals surface area contributed by atoms with E-state index in [1.54, 1.807) is 0 Å². The second-order valence-electron chi connectivity index (χ2n) is 6.06. The van der Waals surface area contributed by atoms with Crippen molar-refractivity contribution in [1.82, 2.24) is 5.32 Å². The second-order valence-corrected chi connectivity index (χ2v) is 6.06. The van der Waals surface area contributed by atoms with Gasteiger partial charge in [-0.2, -0.15) is 0 Å². The van der Waals surface area contributed by atoms with Gasteiger partial charge in [-0.05, 0) is 45.4 Å². The van der Waals surface area contributed by atoms with Crippen LogP contribution in [0.25, 0.3) is 0 Å². The van der Waals surface area contributed by atoms with E-state index in [1.165, 1.54) is 19.3 Å².